The fraction of sp³-hybridized carbons (Fsp3) is 0.100. The summed E-state index contributed by atoms with van der Waals surface area (Å²) in [7, 11) is 0. The predicted octanol–water partition coefficient (Wildman–Crippen LogP) is 3.15. The summed E-state index contributed by atoms with van der Waals surface area (Å²) in [6.07, 6.45) is -2.79. The Morgan fingerprint density at radius 3 is 2.47 bits per heavy atom. The summed E-state index contributed by atoms with van der Waals surface area (Å²) >= 11 is 2.76. The Labute approximate surface area is 103 Å². The van der Waals surface area contributed by atoms with Gasteiger partial charge in [0.05, 0.1) is 5.56 Å². The molecule has 0 unspecified atom stereocenters. The molecule has 0 saturated heterocycles. The van der Waals surface area contributed by atoms with Crippen molar-refractivity contribution in [1.29, 1.82) is 0 Å². The van der Waals surface area contributed by atoms with Crippen molar-refractivity contribution in [2.45, 2.75) is 6.18 Å². The van der Waals surface area contributed by atoms with E-state index in [9.17, 15) is 18.0 Å². The number of carboxylic acids is 1. The molecule has 0 radical (unpaired) electrons. The summed E-state index contributed by atoms with van der Waals surface area (Å²) in [4.78, 5) is 10.3. The van der Waals surface area contributed by atoms with Crippen molar-refractivity contribution >= 4 is 33.7 Å². The molecule has 0 fully saturated rings. The number of carbonyl (C=O) groups is 1. The molecule has 0 atom stereocenters. The second kappa shape index (κ2) is 4.79. The Bertz CT molecular complexity index is 483. The average molecular weight is 310 g/mol. The zero-order chi connectivity index (χ0) is 13.2. The Morgan fingerprint density at radius 1 is 1.41 bits per heavy atom. The summed E-state index contributed by atoms with van der Waals surface area (Å²) in [6, 6.07) is 1.88. The first-order valence-electron chi connectivity index (χ1n) is 4.29. The Kier molecular flexibility index (Phi) is 3.82. The van der Waals surface area contributed by atoms with Crippen LogP contribution in [-0.4, -0.2) is 11.1 Å². The van der Waals surface area contributed by atoms with Gasteiger partial charge in [0.15, 0.2) is 0 Å². The fourth-order valence-corrected chi connectivity index (χ4v) is 1.71. The smallest absolute Gasteiger partial charge is 0.417 e. The molecule has 0 amide bonds. The highest BCUT2D eigenvalue weighted by Crippen LogP contribution is 2.37. The molecular formula is C10H7BrF3NO2. The van der Waals surface area contributed by atoms with Gasteiger partial charge in [0.2, 0.25) is 0 Å². The first-order valence-corrected chi connectivity index (χ1v) is 5.08. The third-order valence-electron chi connectivity index (χ3n) is 1.88. The topological polar surface area (TPSA) is 63.3 Å². The van der Waals surface area contributed by atoms with E-state index in [1.807, 2.05) is 0 Å². The maximum Gasteiger partial charge on any atom is 0.417 e. The van der Waals surface area contributed by atoms with Crippen LogP contribution in [0.3, 0.4) is 0 Å². The number of benzene rings is 1. The van der Waals surface area contributed by atoms with Crippen LogP contribution in [0.5, 0.6) is 0 Å². The van der Waals surface area contributed by atoms with Crippen LogP contribution in [0.4, 0.5) is 18.9 Å². The molecule has 0 aliphatic carbocycles. The van der Waals surface area contributed by atoms with Crippen molar-refractivity contribution in [2.75, 3.05) is 5.73 Å². The zero-order valence-corrected chi connectivity index (χ0v) is 9.84. The lowest BCUT2D eigenvalue weighted by atomic mass is 10.1. The molecule has 0 aromatic heterocycles. The van der Waals surface area contributed by atoms with E-state index in [1.54, 1.807) is 0 Å². The number of nitrogen functional groups attached to an aromatic ring is 1. The highest BCUT2D eigenvalue weighted by atomic mass is 79.9. The van der Waals surface area contributed by atoms with Crippen LogP contribution in [0.1, 0.15) is 11.1 Å². The van der Waals surface area contributed by atoms with Gasteiger partial charge in [0.25, 0.3) is 0 Å². The highest BCUT2D eigenvalue weighted by molar-refractivity contribution is 9.10. The number of hydrogen-bond acceptors (Lipinski definition) is 2. The third-order valence-corrected chi connectivity index (χ3v) is 2.54. The second-order valence-electron chi connectivity index (χ2n) is 3.13. The van der Waals surface area contributed by atoms with Crippen LogP contribution in [0.15, 0.2) is 22.7 Å². The quantitative estimate of drug-likeness (QED) is 0.651. The first-order chi connectivity index (χ1) is 7.71. The first kappa shape index (κ1) is 13.6. The molecule has 0 aliphatic heterocycles. The molecule has 3 nitrogen and oxygen atoms in total. The minimum Gasteiger partial charge on any atom is -0.478 e. The highest BCUT2D eigenvalue weighted by Gasteiger charge is 2.33. The molecule has 3 N–H and O–H groups in total. The van der Waals surface area contributed by atoms with E-state index in [0.29, 0.717) is 0 Å². The zero-order valence-electron chi connectivity index (χ0n) is 8.25. The SMILES string of the molecule is Nc1cc(Br)c(C(F)(F)F)cc1/C=C/C(=O)O. The van der Waals surface area contributed by atoms with Crippen molar-refractivity contribution < 1.29 is 23.1 Å². The van der Waals surface area contributed by atoms with Crippen LogP contribution in [0.2, 0.25) is 0 Å². The molecular weight excluding hydrogens is 303 g/mol. The number of rotatable bonds is 2. The van der Waals surface area contributed by atoms with Crippen molar-refractivity contribution in [3.8, 4) is 0 Å². The normalized spacial score (nSPS) is 12.0. The summed E-state index contributed by atoms with van der Waals surface area (Å²) in [6.45, 7) is 0. The predicted molar refractivity (Wildman–Crippen MR) is 60.2 cm³/mol. The van der Waals surface area contributed by atoms with Crippen LogP contribution in [0.25, 0.3) is 6.08 Å². The molecule has 1 rings (SSSR count). The maximum atomic E-state index is 12.5. The van der Waals surface area contributed by atoms with Gasteiger partial charge in [-0.1, -0.05) is 15.9 Å². The summed E-state index contributed by atoms with van der Waals surface area (Å²) in [5.74, 6) is -1.26. The summed E-state index contributed by atoms with van der Waals surface area (Å²) in [5, 5.41) is 8.39. The Morgan fingerprint density at radius 2 is 2.00 bits per heavy atom. The molecule has 17 heavy (non-hydrogen) atoms. The van der Waals surface area contributed by atoms with Crippen molar-refractivity contribution in [2.24, 2.45) is 0 Å². The monoisotopic (exact) mass is 309 g/mol. The molecule has 0 aliphatic rings. The lowest BCUT2D eigenvalue weighted by Gasteiger charge is -2.11. The molecule has 0 saturated carbocycles. The lowest BCUT2D eigenvalue weighted by molar-refractivity contribution is -0.138. The summed E-state index contributed by atoms with van der Waals surface area (Å²) in [5.41, 5.74) is 4.63. The van der Waals surface area contributed by atoms with Gasteiger partial charge in [0, 0.05) is 16.2 Å². The van der Waals surface area contributed by atoms with E-state index in [4.69, 9.17) is 10.8 Å². The van der Waals surface area contributed by atoms with Gasteiger partial charge in [-0.05, 0) is 23.8 Å². The molecule has 92 valence electrons. The standard InChI is InChI=1S/C10H7BrF3NO2/c11-7-4-8(15)5(1-2-9(16)17)3-6(7)10(12,13)14/h1-4H,15H2,(H,16,17)/b2-1+. The van der Waals surface area contributed by atoms with Crippen LogP contribution in [-0.2, 0) is 11.0 Å². The second-order valence-corrected chi connectivity index (χ2v) is 3.98. The van der Waals surface area contributed by atoms with Crippen LogP contribution in [0, 0.1) is 0 Å². The Hall–Kier alpha value is -1.50. The number of alkyl halides is 3. The number of aliphatic carboxylic acids is 1. The average Bonchev–Trinajstić information content (AvgIpc) is 2.13. The maximum absolute atomic E-state index is 12.5. The van der Waals surface area contributed by atoms with Gasteiger partial charge >= 0.3 is 12.1 Å². The van der Waals surface area contributed by atoms with Gasteiger partial charge in [0.1, 0.15) is 0 Å². The van der Waals surface area contributed by atoms with E-state index in [0.717, 1.165) is 24.3 Å². The van der Waals surface area contributed by atoms with Crippen molar-refractivity contribution in [3.05, 3.63) is 33.8 Å². The van der Waals surface area contributed by atoms with E-state index in [-0.39, 0.29) is 15.7 Å². The minimum atomic E-state index is -4.53. The van der Waals surface area contributed by atoms with Gasteiger partial charge in [-0.25, -0.2) is 4.79 Å². The minimum absolute atomic E-state index is 0.00271. The van der Waals surface area contributed by atoms with Gasteiger partial charge < -0.3 is 10.8 Å². The van der Waals surface area contributed by atoms with Crippen LogP contribution < -0.4 is 5.73 Å². The number of nitrogens with two attached hydrogens (primary N) is 1. The third kappa shape index (κ3) is 3.48. The molecule has 7 heteroatoms. The molecule has 1 aromatic carbocycles. The van der Waals surface area contributed by atoms with E-state index >= 15 is 0 Å². The number of hydrogen-bond donors (Lipinski definition) is 2. The fourth-order valence-electron chi connectivity index (χ4n) is 1.13. The van der Waals surface area contributed by atoms with E-state index in [1.165, 1.54) is 0 Å². The van der Waals surface area contributed by atoms with Crippen LogP contribution >= 0.6 is 15.9 Å². The van der Waals surface area contributed by atoms with Gasteiger partial charge in [-0.3, -0.25) is 0 Å². The largest absolute Gasteiger partial charge is 0.478 e. The lowest BCUT2D eigenvalue weighted by Crippen LogP contribution is -2.07. The molecule has 1 aromatic rings. The van der Waals surface area contributed by atoms with Crippen molar-refractivity contribution in [3.63, 3.8) is 0 Å². The Balaban J connectivity index is 3.29. The number of halogens is 4. The molecule has 0 bridgehead atoms. The molecule has 0 spiro atoms. The van der Waals surface area contributed by atoms with E-state index < -0.39 is 17.7 Å². The van der Waals surface area contributed by atoms with E-state index in [2.05, 4.69) is 15.9 Å². The summed E-state index contributed by atoms with van der Waals surface area (Å²) < 4.78 is 37.5. The van der Waals surface area contributed by atoms with Crippen molar-refractivity contribution in [1.82, 2.24) is 0 Å². The van der Waals surface area contributed by atoms with Gasteiger partial charge in [-0.15, -0.1) is 0 Å². The van der Waals surface area contributed by atoms with Gasteiger partial charge in [-0.2, -0.15) is 13.2 Å². The number of anilines is 1. The number of carboxylic acid groups (broad SMARTS) is 1. The molecule has 0 heterocycles.